The van der Waals surface area contributed by atoms with E-state index in [0.717, 1.165) is 63.7 Å². The van der Waals surface area contributed by atoms with Crippen LogP contribution < -0.4 is 0 Å². The van der Waals surface area contributed by atoms with Gasteiger partial charge in [0.15, 0.2) is 0 Å². The molecule has 1 saturated heterocycles. The Morgan fingerprint density at radius 2 is 1.19 bits per heavy atom. The predicted molar refractivity (Wildman–Crippen MR) is 177 cm³/mol. The van der Waals surface area contributed by atoms with Gasteiger partial charge in [-0.2, -0.15) is 0 Å². The van der Waals surface area contributed by atoms with Crippen molar-refractivity contribution in [1.29, 1.82) is 0 Å². The Kier molecular flexibility index (Phi) is 25.9. The topological polar surface area (TPSA) is 85.4 Å². The highest BCUT2D eigenvalue weighted by atomic mass is 16.6. The summed E-state index contributed by atoms with van der Waals surface area (Å²) in [6.07, 6.45) is 31.4. The smallest absolute Gasteiger partial charge is 0.305 e. The van der Waals surface area contributed by atoms with Gasteiger partial charge < -0.3 is 19.3 Å². The normalized spacial score (nSPS) is 17.0. The lowest BCUT2D eigenvalue weighted by Crippen LogP contribution is -2.25. The number of esters is 2. The lowest BCUT2D eigenvalue weighted by Gasteiger charge is -2.12. The molecule has 1 N–H and O–H groups in total. The van der Waals surface area contributed by atoms with Crippen LogP contribution in [0.2, 0.25) is 0 Å². The highest BCUT2D eigenvalue weighted by molar-refractivity contribution is 5.69. The quantitative estimate of drug-likeness (QED) is 0.0365. The van der Waals surface area contributed by atoms with Crippen LogP contribution in [0.4, 0.5) is 0 Å². The number of allylic oxidation sites excluding steroid dienone is 1. The molecule has 0 radical (unpaired) electrons. The fourth-order valence-corrected chi connectivity index (χ4v) is 5.45. The molecule has 0 amide bonds. The van der Waals surface area contributed by atoms with Crippen molar-refractivity contribution in [2.45, 2.75) is 193 Å². The van der Waals surface area contributed by atoms with E-state index in [-0.39, 0.29) is 25.2 Å². The summed E-state index contributed by atoms with van der Waals surface area (Å²) in [6.45, 7) is 6.58. The fraction of sp³-hybridized carbons (Fsp3) is 0.892. The number of hydrogen-bond acceptors (Lipinski definition) is 6. The highest BCUT2D eigenvalue weighted by Crippen LogP contribution is 2.30. The van der Waals surface area contributed by atoms with Gasteiger partial charge >= 0.3 is 11.9 Å². The molecule has 1 rings (SSSR count). The Bertz CT molecular complexity index is 691. The molecular formula is C37H68O6. The van der Waals surface area contributed by atoms with E-state index in [9.17, 15) is 14.7 Å². The van der Waals surface area contributed by atoms with Crippen LogP contribution in [-0.2, 0) is 23.8 Å². The third-order valence-electron chi connectivity index (χ3n) is 8.35. The number of aliphatic hydroxyl groups excluding tert-OH is 1. The molecule has 1 heterocycles. The van der Waals surface area contributed by atoms with Crippen LogP contribution in [0.15, 0.2) is 12.2 Å². The van der Waals surface area contributed by atoms with Gasteiger partial charge in [-0.15, -0.1) is 0 Å². The van der Waals surface area contributed by atoms with Crippen molar-refractivity contribution in [1.82, 2.24) is 0 Å². The van der Waals surface area contributed by atoms with E-state index in [2.05, 4.69) is 32.9 Å². The van der Waals surface area contributed by atoms with Gasteiger partial charge in [-0.3, -0.25) is 9.59 Å². The van der Waals surface area contributed by atoms with Crippen LogP contribution in [0.25, 0.3) is 0 Å². The number of hydrogen-bond donors (Lipinski definition) is 1. The second-order valence-corrected chi connectivity index (χ2v) is 13.2. The number of unbranched alkanes of at least 4 members (excludes halogenated alkanes) is 16. The Labute approximate surface area is 265 Å². The van der Waals surface area contributed by atoms with Gasteiger partial charge in [0.25, 0.3) is 0 Å². The molecule has 1 aliphatic rings. The van der Waals surface area contributed by atoms with Crippen LogP contribution in [-0.4, -0.2) is 48.6 Å². The van der Waals surface area contributed by atoms with Gasteiger partial charge in [0.1, 0.15) is 19.3 Å². The summed E-state index contributed by atoms with van der Waals surface area (Å²) in [7, 11) is 0. The Hall–Kier alpha value is -1.40. The van der Waals surface area contributed by atoms with Gasteiger partial charge in [-0.25, -0.2) is 0 Å². The third-order valence-corrected chi connectivity index (χ3v) is 8.35. The molecule has 0 aliphatic carbocycles. The molecule has 3 atom stereocenters. The second-order valence-electron chi connectivity index (χ2n) is 13.2. The maximum atomic E-state index is 12.0. The fourth-order valence-electron chi connectivity index (χ4n) is 5.45. The molecule has 43 heavy (non-hydrogen) atoms. The summed E-state index contributed by atoms with van der Waals surface area (Å²) in [4.78, 5) is 23.9. The minimum Gasteiger partial charge on any atom is -0.463 e. The van der Waals surface area contributed by atoms with Crippen molar-refractivity contribution >= 4 is 11.9 Å². The molecule has 0 aromatic rings. The first-order chi connectivity index (χ1) is 20.9. The molecule has 0 spiro atoms. The molecule has 6 nitrogen and oxygen atoms in total. The molecule has 6 heteroatoms. The van der Waals surface area contributed by atoms with Crippen molar-refractivity contribution in [3.63, 3.8) is 0 Å². The van der Waals surface area contributed by atoms with E-state index in [1.54, 1.807) is 0 Å². The van der Waals surface area contributed by atoms with Crippen molar-refractivity contribution < 1.29 is 28.9 Å². The maximum absolute atomic E-state index is 12.0. The Morgan fingerprint density at radius 1 is 0.674 bits per heavy atom. The third kappa shape index (κ3) is 26.7. The van der Waals surface area contributed by atoms with E-state index in [1.807, 2.05) is 0 Å². The maximum Gasteiger partial charge on any atom is 0.305 e. The van der Waals surface area contributed by atoms with Gasteiger partial charge in [0.05, 0.1) is 12.2 Å². The molecular weight excluding hydrogens is 540 g/mol. The average Bonchev–Trinajstić information content (AvgIpc) is 3.74. The standard InChI is InChI=1S/C37H68O6/c1-4-5-6-7-16-21-26-34-35(43-34)27-22-17-14-19-24-29-37(40)42-31-33(38)30-41-36(39)28-23-18-13-11-9-8-10-12-15-20-25-32(2)3/h16,21,32-35,38H,4-15,17-20,22-31H2,1-3H3/b21-16-/t33-,34?,35?/m1/s1. The van der Waals surface area contributed by atoms with Crippen LogP contribution in [0, 0.1) is 5.92 Å². The molecule has 1 aliphatic heterocycles. The highest BCUT2D eigenvalue weighted by Gasteiger charge is 2.36. The molecule has 2 unspecified atom stereocenters. The van der Waals surface area contributed by atoms with Crippen molar-refractivity contribution in [3.8, 4) is 0 Å². The Balaban J connectivity index is 1.83. The minimum atomic E-state index is -0.969. The zero-order chi connectivity index (χ0) is 31.4. The van der Waals surface area contributed by atoms with E-state index >= 15 is 0 Å². The second kappa shape index (κ2) is 28.1. The number of rotatable bonds is 31. The molecule has 252 valence electrons. The number of carbonyl (C=O) groups is 2. The van der Waals surface area contributed by atoms with E-state index < -0.39 is 6.10 Å². The summed E-state index contributed by atoms with van der Waals surface area (Å²) in [5.74, 6) is 0.241. The van der Waals surface area contributed by atoms with E-state index in [1.165, 1.54) is 83.5 Å². The van der Waals surface area contributed by atoms with Crippen LogP contribution >= 0.6 is 0 Å². The summed E-state index contributed by atoms with van der Waals surface area (Å²) in [6, 6.07) is 0. The summed E-state index contributed by atoms with van der Waals surface area (Å²) >= 11 is 0. The molecule has 0 saturated carbocycles. The van der Waals surface area contributed by atoms with Gasteiger partial charge in [0, 0.05) is 12.8 Å². The molecule has 0 aromatic heterocycles. The lowest BCUT2D eigenvalue weighted by molar-refractivity contribution is -0.152. The van der Waals surface area contributed by atoms with Crippen molar-refractivity contribution in [2.24, 2.45) is 5.92 Å². The monoisotopic (exact) mass is 609 g/mol. The number of carbonyl (C=O) groups excluding carboxylic acids is 2. The molecule has 1 fully saturated rings. The van der Waals surface area contributed by atoms with Gasteiger partial charge in [-0.05, 0) is 44.4 Å². The Morgan fingerprint density at radius 3 is 1.72 bits per heavy atom. The predicted octanol–water partition coefficient (Wildman–Crippen LogP) is 9.80. The van der Waals surface area contributed by atoms with Crippen LogP contribution in [0.1, 0.15) is 175 Å². The van der Waals surface area contributed by atoms with Crippen molar-refractivity contribution in [3.05, 3.63) is 12.2 Å². The molecule has 0 bridgehead atoms. The first-order valence-corrected chi connectivity index (χ1v) is 18.2. The summed E-state index contributed by atoms with van der Waals surface area (Å²) < 4.78 is 16.1. The van der Waals surface area contributed by atoms with E-state index in [4.69, 9.17) is 14.2 Å². The van der Waals surface area contributed by atoms with Gasteiger partial charge in [-0.1, -0.05) is 136 Å². The number of epoxide rings is 1. The average molecular weight is 609 g/mol. The SMILES string of the molecule is CCCCC/C=C\CC1OC1CCCCCCCC(=O)OC[C@H](O)COC(=O)CCCCCCCCCCCCC(C)C. The summed E-state index contributed by atoms with van der Waals surface area (Å²) in [5.41, 5.74) is 0. The minimum absolute atomic E-state index is 0.121. The number of ether oxygens (including phenoxy) is 3. The van der Waals surface area contributed by atoms with Crippen LogP contribution in [0.5, 0.6) is 0 Å². The zero-order valence-corrected chi connectivity index (χ0v) is 28.3. The van der Waals surface area contributed by atoms with Gasteiger partial charge in [0.2, 0.25) is 0 Å². The lowest BCUT2D eigenvalue weighted by atomic mass is 10.0. The van der Waals surface area contributed by atoms with E-state index in [0.29, 0.717) is 25.0 Å². The largest absolute Gasteiger partial charge is 0.463 e. The summed E-state index contributed by atoms with van der Waals surface area (Å²) in [5, 5.41) is 9.99. The first-order valence-electron chi connectivity index (χ1n) is 18.2. The number of aliphatic hydroxyl groups is 1. The zero-order valence-electron chi connectivity index (χ0n) is 28.3. The first kappa shape index (κ1) is 39.6. The van der Waals surface area contributed by atoms with Crippen LogP contribution in [0.3, 0.4) is 0 Å². The molecule has 0 aromatic carbocycles. The van der Waals surface area contributed by atoms with Crippen molar-refractivity contribution in [2.75, 3.05) is 13.2 Å².